The molecule has 2 rings (SSSR count). The first kappa shape index (κ1) is 10.8. The van der Waals surface area contributed by atoms with Gasteiger partial charge in [-0.15, -0.1) is 0 Å². The van der Waals surface area contributed by atoms with Crippen molar-refractivity contribution in [3.8, 4) is 17.1 Å². The second-order valence-electron chi connectivity index (χ2n) is 3.41. The van der Waals surface area contributed by atoms with Gasteiger partial charge in [-0.2, -0.15) is 0 Å². The molecule has 0 spiro atoms. The van der Waals surface area contributed by atoms with E-state index in [9.17, 15) is 5.11 Å². The summed E-state index contributed by atoms with van der Waals surface area (Å²) < 4.78 is 0. The number of halogens is 1. The number of nitrogens with zero attached hydrogens (tertiary/aromatic N) is 3. The summed E-state index contributed by atoms with van der Waals surface area (Å²) in [4.78, 5) is 12.4. The van der Waals surface area contributed by atoms with Gasteiger partial charge >= 0.3 is 0 Å². The molecule has 0 amide bonds. The Balaban J connectivity index is 2.62. The highest BCUT2D eigenvalue weighted by atomic mass is 35.5. The first-order chi connectivity index (χ1) is 7.56. The fourth-order valence-corrected chi connectivity index (χ4v) is 1.60. The van der Waals surface area contributed by atoms with Crippen LogP contribution in [-0.2, 0) is 0 Å². The smallest absolute Gasteiger partial charge is 0.167 e. The predicted molar refractivity (Wildman–Crippen MR) is 61.4 cm³/mol. The van der Waals surface area contributed by atoms with E-state index >= 15 is 0 Å². The van der Waals surface area contributed by atoms with E-state index < -0.39 is 0 Å². The summed E-state index contributed by atoms with van der Waals surface area (Å²) in [6.07, 6.45) is 0. The minimum atomic E-state index is 0.106. The van der Waals surface area contributed by atoms with Crippen molar-refractivity contribution in [1.29, 1.82) is 0 Å². The molecule has 5 heteroatoms. The monoisotopic (exact) mass is 235 g/mol. The lowest BCUT2D eigenvalue weighted by atomic mass is 10.2. The Morgan fingerprint density at radius 1 is 1.06 bits per heavy atom. The molecular weight excluding hydrogens is 226 g/mol. The van der Waals surface area contributed by atoms with E-state index in [1.54, 1.807) is 26.0 Å². The first-order valence-electron chi connectivity index (χ1n) is 4.74. The largest absolute Gasteiger partial charge is 0.507 e. The van der Waals surface area contributed by atoms with Gasteiger partial charge < -0.3 is 5.11 Å². The third-order valence-corrected chi connectivity index (χ3v) is 2.29. The number of benzene rings is 1. The van der Waals surface area contributed by atoms with Crippen molar-refractivity contribution in [2.24, 2.45) is 0 Å². The Labute approximate surface area is 98.0 Å². The molecule has 0 fully saturated rings. The third kappa shape index (κ3) is 2.12. The van der Waals surface area contributed by atoms with Gasteiger partial charge in [-0.3, -0.25) is 0 Å². The van der Waals surface area contributed by atoms with Gasteiger partial charge in [0.1, 0.15) is 17.4 Å². The van der Waals surface area contributed by atoms with Crippen LogP contribution in [0.2, 0.25) is 5.02 Å². The van der Waals surface area contributed by atoms with Gasteiger partial charge in [0.25, 0.3) is 0 Å². The van der Waals surface area contributed by atoms with Crippen molar-refractivity contribution in [2.45, 2.75) is 13.8 Å². The molecule has 1 heterocycles. The molecule has 0 radical (unpaired) electrons. The average molecular weight is 236 g/mol. The van der Waals surface area contributed by atoms with E-state index in [-0.39, 0.29) is 5.75 Å². The molecule has 4 nitrogen and oxygen atoms in total. The molecule has 0 atom stereocenters. The zero-order valence-corrected chi connectivity index (χ0v) is 9.65. The number of phenolic OH excluding ortho intramolecular Hbond substituents is 1. The maximum absolute atomic E-state index is 9.71. The molecule has 1 aromatic heterocycles. The summed E-state index contributed by atoms with van der Waals surface area (Å²) in [6, 6.07) is 4.76. The van der Waals surface area contributed by atoms with Gasteiger partial charge in [-0.05, 0) is 32.0 Å². The lowest BCUT2D eigenvalue weighted by molar-refractivity contribution is 0.477. The number of phenols is 1. The highest BCUT2D eigenvalue weighted by Crippen LogP contribution is 2.29. The zero-order chi connectivity index (χ0) is 11.7. The predicted octanol–water partition coefficient (Wildman–Crippen LogP) is 2.51. The van der Waals surface area contributed by atoms with Crippen LogP contribution in [0.5, 0.6) is 5.75 Å². The van der Waals surface area contributed by atoms with Gasteiger partial charge in [0.15, 0.2) is 5.82 Å². The molecule has 0 unspecified atom stereocenters. The molecular formula is C11H10ClN3O. The zero-order valence-electron chi connectivity index (χ0n) is 8.90. The van der Waals surface area contributed by atoms with Crippen LogP contribution in [-0.4, -0.2) is 20.1 Å². The van der Waals surface area contributed by atoms with Crippen LogP contribution in [0.15, 0.2) is 18.2 Å². The summed E-state index contributed by atoms with van der Waals surface area (Å²) in [6.45, 7) is 3.56. The number of aromatic nitrogens is 3. The topological polar surface area (TPSA) is 58.9 Å². The van der Waals surface area contributed by atoms with E-state index in [2.05, 4.69) is 15.0 Å². The lowest BCUT2D eigenvalue weighted by Gasteiger charge is -2.05. The molecule has 0 saturated heterocycles. The van der Waals surface area contributed by atoms with Crippen molar-refractivity contribution in [2.75, 3.05) is 0 Å². The van der Waals surface area contributed by atoms with E-state index in [1.165, 1.54) is 6.07 Å². The van der Waals surface area contributed by atoms with Gasteiger partial charge in [-0.1, -0.05) is 11.6 Å². The Morgan fingerprint density at radius 3 is 2.31 bits per heavy atom. The second-order valence-corrected chi connectivity index (χ2v) is 3.85. The van der Waals surface area contributed by atoms with E-state index in [0.29, 0.717) is 28.1 Å². The Kier molecular flexibility index (Phi) is 2.75. The van der Waals surface area contributed by atoms with Crippen LogP contribution < -0.4 is 0 Å². The van der Waals surface area contributed by atoms with Crippen molar-refractivity contribution >= 4 is 11.6 Å². The SMILES string of the molecule is Cc1nc(C)nc(-c2cc(Cl)ccc2O)n1. The standard InChI is InChI=1S/C11H10ClN3O/c1-6-13-7(2)15-11(14-6)9-5-8(12)3-4-10(9)16/h3-5,16H,1-2H3. The number of aryl methyl sites for hydroxylation is 2. The van der Waals surface area contributed by atoms with Crippen LogP contribution in [0.25, 0.3) is 11.4 Å². The maximum atomic E-state index is 9.71. The minimum absolute atomic E-state index is 0.106. The Bertz CT molecular complexity index is 522. The van der Waals surface area contributed by atoms with Gasteiger partial charge in [-0.25, -0.2) is 15.0 Å². The van der Waals surface area contributed by atoms with Crippen LogP contribution in [0, 0.1) is 13.8 Å². The van der Waals surface area contributed by atoms with Crippen molar-refractivity contribution < 1.29 is 5.11 Å². The van der Waals surface area contributed by atoms with Crippen LogP contribution in [0.1, 0.15) is 11.6 Å². The van der Waals surface area contributed by atoms with E-state index in [4.69, 9.17) is 11.6 Å². The van der Waals surface area contributed by atoms with E-state index in [1.807, 2.05) is 0 Å². The number of rotatable bonds is 1. The van der Waals surface area contributed by atoms with Crippen LogP contribution in [0.4, 0.5) is 0 Å². The Hall–Kier alpha value is -1.68. The van der Waals surface area contributed by atoms with Gasteiger partial charge in [0.2, 0.25) is 0 Å². The summed E-state index contributed by atoms with van der Waals surface area (Å²) in [7, 11) is 0. The van der Waals surface area contributed by atoms with Crippen LogP contribution >= 0.6 is 11.6 Å². The summed E-state index contributed by atoms with van der Waals surface area (Å²) in [5.74, 6) is 1.77. The fourth-order valence-electron chi connectivity index (χ4n) is 1.42. The summed E-state index contributed by atoms with van der Waals surface area (Å²) >= 11 is 5.86. The molecule has 2 aromatic rings. The van der Waals surface area contributed by atoms with Crippen LogP contribution in [0.3, 0.4) is 0 Å². The van der Waals surface area contributed by atoms with Crippen molar-refractivity contribution in [1.82, 2.24) is 15.0 Å². The molecule has 0 saturated carbocycles. The van der Waals surface area contributed by atoms with Crippen molar-refractivity contribution in [3.05, 3.63) is 34.9 Å². The minimum Gasteiger partial charge on any atom is -0.507 e. The maximum Gasteiger partial charge on any atom is 0.167 e. The van der Waals surface area contributed by atoms with Crippen molar-refractivity contribution in [3.63, 3.8) is 0 Å². The first-order valence-corrected chi connectivity index (χ1v) is 5.12. The highest BCUT2D eigenvalue weighted by Gasteiger charge is 2.09. The highest BCUT2D eigenvalue weighted by molar-refractivity contribution is 6.30. The summed E-state index contributed by atoms with van der Waals surface area (Å²) in [5.41, 5.74) is 0.515. The third-order valence-electron chi connectivity index (χ3n) is 2.06. The number of hydrogen-bond donors (Lipinski definition) is 1. The lowest BCUT2D eigenvalue weighted by Crippen LogP contribution is -1.98. The molecule has 0 aliphatic heterocycles. The second kappa shape index (κ2) is 4.06. The molecule has 16 heavy (non-hydrogen) atoms. The fraction of sp³-hybridized carbons (Fsp3) is 0.182. The number of hydrogen-bond acceptors (Lipinski definition) is 4. The summed E-state index contributed by atoms with van der Waals surface area (Å²) in [5, 5.41) is 10.2. The average Bonchev–Trinajstić information content (AvgIpc) is 2.20. The Morgan fingerprint density at radius 2 is 1.69 bits per heavy atom. The molecule has 0 aliphatic rings. The molecule has 82 valence electrons. The van der Waals surface area contributed by atoms with Gasteiger partial charge in [0, 0.05) is 5.02 Å². The molecule has 1 aromatic carbocycles. The molecule has 0 bridgehead atoms. The molecule has 1 N–H and O–H groups in total. The normalized spacial score (nSPS) is 10.4. The quantitative estimate of drug-likeness (QED) is 0.825. The van der Waals surface area contributed by atoms with Gasteiger partial charge in [0.05, 0.1) is 5.56 Å². The van der Waals surface area contributed by atoms with E-state index in [0.717, 1.165) is 0 Å². The number of aromatic hydroxyl groups is 1. The molecule has 0 aliphatic carbocycles.